The smallest absolute Gasteiger partial charge is 0.264 e. The van der Waals surface area contributed by atoms with E-state index in [2.05, 4.69) is 5.32 Å². The lowest BCUT2D eigenvalue weighted by atomic mass is 10.1. The average Bonchev–Trinajstić information content (AvgIpc) is 2.89. The molecule has 3 aromatic rings. The summed E-state index contributed by atoms with van der Waals surface area (Å²) >= 11 is 5.99. The van der Waals surface area contributed by atoms with Gasteiger partial charge in [-0.1, -0.05) is 66.0 Å². The average molecular weight is 556 g/mol. The van der Waals surface area contributed by atoms with Crippen molar-refractivity contribution in [1.29, 1.82) is 0 Å². The number of rotatable bonds is 11. The molecule has 1 atom stereocenters. The molecule has 202 valence electrons. The van der Waals surface area contributed by atoms with Crippen LogP contribution in [0.1, 0.15) is 37.0 Å². The van der Waals surface area contributed by atoms with Gasteiger partial charge in [-0.3, -0.25) is 13.9 Å². The second-order valence-corrected chi connectivity index (χ2v) is 11.4. The molecule has 0 fully saturated rings. The van der Waals surface area contributed by atoms with E-state index in [4.69, 9.17) is 11.6 Å². The highest BCUT2D eigenvalue weighted by molar-refractivity contribution is 7.92. The van der Waals surface area contributed by atoms with Gasteiger partial charge in [-0.25, -0.2) is 8.42 Å². The first-order valence-corrected chi connectivity index (χ1v) is 14.4. The van der Waals surface area contributed by atoms with Crippen LogP contribution in [-0.2, 0) is 26.2 Å². The van der Waals surface area contributed by atoms with Gasteiger partial charge in [-0.15, -0.1) is 0 Å². The number of benzene rings is 3. The highest BCUT2D eigenvalue weighted by atomic mass is 35.5. The monoisotopic (exact) mass is 555 g/mol. The predicted molar refractivity (Wildman–Crippen MR) is 152 cm³/mol. The normalized spacial score (nSPS) is 12.0. The standard InChI is InChI=1S/C29H34ClN3O4S/c1-5-27(29(35)31-6-2)32(19-23-11-7-21(3)8-12-23)28(34)20-33(25-15-9-22(4)10-16-25)38(36,37)26-17-13-24(30)14-18-26/h7-18,27H,5-6,19-20H2,1-4H3,(H,31,35)/t27-/m0/s1. The van der Waals surface area contributed by atoms with Gasteiger partial charge >= 0.3 is 0 Å². The molecule has 0 heterocycles. The maximum Gasteiger partial charge on any atom is 0.264 e. The van der Waals surface area contributed by atoms with Crippen molar-refractivity contribution in [2.24, 2.45) is 0 Å². The molecule has 9 heteroatoms. The number of carbonyl (C=O) groups is 2. The Balaban J connectivity index is 2.04. The number of likely N-dealkylation sites (N-methyl/N-ethyl adjacent to an activating group) is 1. The number of hydrogen-bond acceptors (Lipinski definition) is 4. The fraction of sp³-hybridized carbons (Fsp3) is 0.310. The second-order valence-electron chi connectivity index (χ2n) is 9.13. The molecule has 7 nitrogen and oxygen atoms in total. The van der Waals surface area contributed by atoms with Gasteiger partial charge in [0.05, 0.1) is 10.6 Å². The maximum absolute atomic E-state index is 13.9. The molecule has 0 aromatic heterocycles. The maximum atomic E-state index is 13.9. The van der Waals surface area contributed by atoms with Gasteiger partial charge in [0.15, 0.2) is 0 Å². The van der Waals surface area contributed by atoms with Crippen LogP contribution in [0.15, 0.2) is 77.7 Å². The number of nitrogens with one attached hydrogen (secondary N) is 1. The van der Waals surface area contributed by atoms with E-state index >= 15 is 0 Å². The summed E-state index contributed by atoms with van der Waals surface area (Å²) in [6, 6.07) is 19.7. The van der Waals surface area contributed by atoms with Crippen LogP contribution >= 0.6 is 11.6 Å². The number of carbonyl (C=O) groups excluding carboxylic acids is 2. The first kappa shape index (κ1) is 29.2. The van der Waals surface area contributed by atoms with Crippen LogP contribution in [0.25, 0.3) is 0 Å². The van der Waals surface area contributed by atoms with Gasteiger partial charge in [0.2, 0.25) is 11.8 Å². The highest BCUT2D eigenvalue weighted by Crippen LogP contribution is 2.26. The third-order valence-corrected chi connectivity index (χ3v) is 8.25. The van der Waals surface area contributed by atoms with E-state index in [0.717, 1.165) is 21.0 Å². The largest absolute Gasteiger partial charge is 0.355 e. The highest BCUT2D eigenvalue weighted by Gasteiger charge is 2.33. The Morgan fingerprint density at radius 1 is 0.868 bits per heavy atom. The molecule has 0 spiro atoms. The van der Waals surface area contributed by atoms with E-state index in [9.17, 15) is 18.0 Å². The van der Waals surface area contributed by atoms with Crippen LogP contribution in [-0.4, -0.2) is 44.3 Å². The van der Waals surface area contributed by atoms with E-state index in [-0.39, 0.29) is 17.3 Å². The van der Waals surface area contributed by atoms with Crippen LogP contribution in [0, 0.1) is 13.8 Å². The summed E-state index contributed by atoms with van der Waals surface area (Å²) in [5, 5.41) is 3.20. The Morgan fingerprint density at radius 3 is 1.95 bits per heavy atom. The number of anilines is 1. The fourth-order valence-corrected chi connectivity index (χ4v) is 5.62. The molecule has 0 saturated heterocycles. The Bertz CT molecular complexity index is 1340. The van der Waals surface area contributed by atoms with Crippen molar-refractivity contribution in [2.45, 2.75) is 51.6 Å². The van der Waals surface area contributed by atoms with Crippen LogP contribution < -0.4 is 9.62 Å². The van der Waals surface area contributed by atoms with Crippen LogP contribution in [0.4, 0.5) is 5.69 Å². The molecule has 0 bridgehead atoms. The third kappa shape index (κ3) is 7.14. The summed E-state index contributed by atoms with van der Waals surface area (Å²) in [7, 11) is -4.13. The van der Waals surface area contributed by atoms with Crippen molar-refractivity contribution in [3.8, 4) is 0 Å². The molecule has 0 saturated carbocycles. The van der Waals surface area contributed by atoms with Crippen LogP contribution in [0.5, 0.6) is 0 Å². The van der Waals surface area contributed by atoms with Gasteiger partial charge in [0.25, 0.3) is 10.0 Å². The Labute approximate surface area is 230 Å². The summed E-state index contributed by atoms with van der Waals surface area (Å²) in [5.74, 6) is -0.764. The lowest BCUT2D eigenvalue weighted by Crippen LogP contribution is -2.52. The quantitative estimate of drug-likeness (QED) is 0.357. The molecule has 0 aliphatic heterocycles. The first-order chi connectivity index (χ1) is 18.1. The van der Waals surface area contributed by atoms with Gasteiger partial charge in [0.1, 0.15) is 12.6 Å². The number of halogens is 1. The minimum absolute atomic E-state index is 0.0103. The molecule has 0 aliphatic rings. The molecular weight excluding hydrogens is 522 g/mol. The number of nitrogens with zero attached hydrogens (tertiary/aromatic N) is 2. The van der Waals surface area contributed by atoms with Crippen molar-refractivity contribution in [3.63, 3.8) is 0 Å². The molecule has 2 amide bonds. The first-order valence-electron chi connectivity index (χ1n) is 12.5. The van der Waals surface area contributed by atoms with Crippen molar-refractivity contribution in [1.82, 2.24) is 10.2 Å². The topological polar surface area (TPSA) is 86.8 Å². The molecule has 38 heavy (non-hydrogen) atoms. The van der Waals surface area contributed by atoms with Gasteiger partial charge in [-0.05, 0) is 69.2 Å². The number of sulfonamides is 1. The fourth-order valence-electron chi connectivity index (χ4n) is 4.08. The summed E-state index contributed by atoms with van der Waals surface area (Å²) in [5.41, 5.74) is 3.21. The van der Waals surface area contributed by atoms with E-state index in [1.54, 1.807) is 24.3 Å². The second kappa shape index (κ2) is 12.9. The minimum Gasteiger partial charge on any atom is -0.355 e. The molecule has 1 N–H and O–H groups in total. The van der Waals surface area contributed by atoms with Gasteiger partial charge < -0.3 is 10.2 Å². The summed E-state index contributed by atoms with van der Waals surface area (Å²) in [6.07, 6.45) is 0.373. The lowest BCUT2D eigenvalue weighted by molar-refractivity contribution is -0.140. The van der Waals surface area contributed by atoms with Gasteiger partial charge in [-0.2, -0.15) is 0 Å². The molecule has 0 radical (unpaired) electrons. The Morgan fingerprint density at radius 2 is 1.42 bits per heavy atom. The molecule has 0 unspecified atom stereocenters. The molecule has 3 rings (SSSR count). The number of hydrogen-bond donors (Lipinski definition) is 1. The summed E-state index contributed by atoms with van der Waals surface area (Å²) < 4.78 is 28.7. The predicted octanol–water partition coefficient (Wildman–Crippen LogP) is 5.10. The molecular formula is C29H34ClN3O4S. The molecule has 0 aliphatic carbocycles. The van der Waals surface area contributed by atoms with E-state index in [1.165, 1.54) is 29.2 Å². The molecule has 3 aromatic carbocycles. The third-order valence-electron chi connectivity index (χ3n) is 6.21. The zero-order valence-electron chi connectivity index (χ0n) is 22.1. The van der Waals surface area contributed by atoms with Crippen molar-refractivity contribution in [3.05, 3.63) is 94.5 Å². The zero-order valence-corrected chi connectivity index (χ0v) is 23.7. The van der Waals surface area contributed by atoms with E-state index < -0.39 is 28.5 Å². The minimum atomic E-state index is -4.13. The lowest BCUT2D eigenvalue weighted by Gasteiger charge is -2.33. The number of aryl methyl sites for hydroxylation is 2. The Kier molecular flexibility index (Phi) is 9.94. The van der Waals surface area contributed by atoms with E-state index in [0.29, 0.717) is 23.7 Å². The van der Waals surface area contributed by atoms with Crippen LogP contribution in [0.3, 0.4) is 0 Å². The van der Waals surface area contributed by atoms with E-state index in [1.807, 2.05) is 52.0 Å². The number of amides is 2. The Hall–Kier alpha value is -3.36. The van der Waals surface area contributed by atoms with Crippen LogP contribution in [0.2, 0.25) is 5.02 Å². The SMILES string of the molecule is CCNC(=O)[C@H](CC)N(Cc1ccc(C)cc1)C(=O)CN(c1ccc(C)cc1)S(=O)(=O)c1ccc(Cl)cc1. The van der Waals surface area contributed by atoms with Crippen molar-refractivity contribution < 1.29 is 18.0 Å². The summed E-state index contributed by atoms with van der Waals surface area (Å²) in [4.78, 5) is 28.4. The summed E-state index contributed by atoms with van der Waals surface area (Å²) in [6.45, 7) is 7.62. The van der Waals surface area contributed by atoms with Crippen molar-refractivity contribution in [2.75, 3.05) is 17.4 Å². The van der Waals surface area contributed by atoms with Gasteiger partial charge in [0, 0.05) is 18.1 Å². The zero-order chi connectivity index (χ0) is 27.9. The van der Waals surface area contributed by atoms with Crippen molar-refractivity contribution >= 4 is 39.1 Å².